The van der Waals surface area contributed by atoms with Gasteiger partial charge in [-0.2, -0.15) is 5.10 Å². The van der Waals surface area contributed by atoms with Crippen molar-refractivity contribution < 1.29 is 9.59 Å². The van der Waals surface area contributed by atoms with Crippen LogP contribution in [0.5, 0.6) is 0 Å². The fraction of sp³-hybridized carbons (Fsp3) is 0.737. The first-order valence-corrected chi connectivity index (χ1v) is 9.91. The van der Waals surface area contributed by atoms with Crippen molar-refractivity contribution in [2.45, 2.75) is 71.6 Å². The molecule has 1 fully saturated rings. The topological polar surface area (TPSA) is 70.5 Å². The Labute approximate surface area is 155 Å². The summed E-state index contributed by atoms with van der Waals surface area (Å²) in [7, 11) is 0. The van der Waals surface area contributed by atoms with Crippen LogP contribution in [0.25, 0.3) is 0 Å². The summed E-state index contributed by atoms with van der Waals surface area (Å²) in [5.74, 6) is -0.0784. The third kappa shape index (κ3) is 4.44. The van der Waals surface area contributed by atoms with Crippen LogP contribution in [0.4, 0.5) is 0 Å². The molecule has 7 nitrogen and oxygen atoms in total. The number of nitrogens with zero attached hydrogens (tertiary/aromatic N) is 4. The Kier molecular flexibility index (Phi) is 6.29. The zero-order chi connectivity index (χ0) is 18.5. The monoisotopic (exact) mass is 361 g/mol. The van der Waals surface area contributed by atoms with E-state index in [1.54, 1.807) is 11.8 Å². The molecule has 0 saturated carbocycles. The molecule has 3 heterocycles. The van der Waals surface area contributed by atoms with E-state index >= 15 is 0 Å². The van der Waals surface area contributed by atoms with Gasteiger partial charge in [-0.1, -0.05) is 6.92 Å². The van der Waals surface area contributed by atoms with Gasteiger partial charge in [0.15, 0.2) is 0 Å². The van der Waals surface area contributed by atoms with Gasteiger partial charge in [0.25, 0.3) is 0 Å². The molecule has 7 heteroatoms. The van der Waals surface area contributed by atoms with E-state index < -0.39 is 0 Å². The SMILES string of the molecule is CCCN1CCCn2nc(CNC(=O)[C@@H]3CCCCN3C(C)=O)cc2C1. The van der Waals surface area contributed by atoms with Crippen molar-refractivity contribution in [3.63, 3.8) is 0 Å². The van der Waals surface area contributed by atoms with Crippen LogP contribution in [0.15, 0.2) is 6.07 Å². The van der Waals surface area contributed by atoms with E-state index in [-0.39, 0.29) is 17.9 Å². The average Bonchev–Trinajstić information content (AvgIpc) is 2.91. The molecule has 0 aliphatic carbocycles. The van der Waals surface area contributed by atoms with Crippen LogP contribution in [-0.4, -0.2) is 57.1 Å². The normalized spacial score (nSPS) is 21.2. The first-order valence-electron chi connectivity index (χ1n) is 9.91. The van der Waals surface area contributed by atoms with Crippen LogP contribution in [0.3, 0.4) is 0 Å². The minimum Gasteiger partial charge on any atom is -0.349 e. The van der Waals surface area contributed by atoms with Gasteiger partial charge in [0.2, 0.25) is 11.8 Å². The lowest BCUT2D eigenvalue weighted by atomic mass is 10.0. The number of piperidine rings is 1. The van der Waals surface area contributed by atoms with Gasteiger partial charge in [-0.05, 0) is 44.7 Å². The van der Waals surface area contributed by atoms with Gasteiger partial charge in [0.05, 0.1) is 17.9 Å². The molecule has 2 amide bonds. The minimum absolute atomic E-state index is 0.0189. The van der Waals surface area contributed by atoms with E-state index in [4.69, 9.17) is 0 Å². The van der Waals surface area contributed by atoms with E-state index in [0.29, 0.717) is 13.1 Å². The number of aryl methyl sites for hydroxylation is 1. The van der Waals surface area contributed by atoms with Crippen molar-refractivity contribution in [2.24, 2.45) is 0 Å². The predicted molar refractivity (Wildman–Crippen MR) is 99.3 cm³/mol. The highest BCUT2D eigenvalue weighted by molar-refractivity contribution is 5.87. The number of hydrogen-bond donors (Lipinski definition) is 1. The van der Waals surface area contributed by atoms with Crippen LogP contribution >= 0.6 is 0 Å². The smallest absolute Gasteiger partial charge is 0.243 e. The Bertz CT molecular complexity index is 642. The summed E-state index contributed by atoms with van der Waals surface area (Å²) in [6, 6.07) is 1.78. The highest BCUT2D eigenvalue weighted by atomic mass is 16.2. The van der Waals surface area contributed by atoms with Gasteiger partial charge in [-0.25, -0.2) is 0 Å². The molecule has 1 aromatic rings. The maximum atomic E-state index is 12.6. The number of amides is 2. The maximum Gasteiger partial charge on any atom is 0.243 e. The Hall–Kier alpha value is -1.89. The fourth-order valence-corrected chi connectivity index (χ4v) is 4.06. The lowest BCUT2D eigenvalue weighted by Crippen LogP contribution is -2.51. The molecule has 1 aromatic heterocycles. The first-order chi connectivity index (χ1) is 12.6. The van der Waals surface area contributed by atoms with Crippen molar-refractivity contribution in [1.29, 1.82) is 0 Å². The summed E-state index contributed by atoms with van der Waals surface area (Å²) in [4.78, 5) is 28.5. The molecule has 144 valence electrons. The lowest BCUT2D eigenvalue weighted by molar-refractivity contribution is -0.140. The van der Waals surface area contributed by atoms with Crippen LogP contribution in [0.2, 0.25) is 0 Å². The number of rotatable bonds is 5. The fourth-order valence-electron chi connectivity index (χ4n) is 4.06. The van der Waals surface area contributed by atoms with Crippen molar-refractivity contribution in [3.8, 4) is 0 Å². The van der Waals surface area contributed by atoms with Crippen LogP contribution < -0.4 is 5.32 Å². The quantitative estimate of drug-likeness (QED) is 0.863. The highest BCUT2D eigenvalue weighted by Gasteiger charge is 2.30. The average molecular weight is 361 g/mol. The number of carbonyl (C=O) groups excluding carboxylic acids is 2. The second-order valence-corrected chi connectivity index (χ2v) is 7.42. The number of carbonyl (C=O) groups is 2. The number of hydrogen-bond acceptors (Lipinski definition) is 4. The molecule has 0 unspecified atom stereocenters. The summed E-state index contributed by atoms with van der Waals surface area (Å²) >= 11 is 0. The van der Waals surface area contributed by atoms with Gasteiger partial charge < -0.3 is 10.2 Å². The van der Waals surface area contributed by atoms with E-state index in [9.17, 15) is 9.59 Å². The summed E-state index contributed by atoms with van der Waals surface area (Å²) in [5.41, 5.74) is 2.13. The highest BCUT2D eigenvalue weighted by Crippen LogP contribution is 2.18. The third-order valence-corrected chi connectivity index (χ3v) is 5.34. The molecule has 1 atom stereocenters. The molecule has 26 heavy (non-hydrogen) atoms. The molecular weight excluding hydrogens is 330 g/mol. The summed E-state index contributed by atoms with van der Waals surface area (Å²) in [6.45, 7) is 8.94. The van der Waals surface area contributed by atoms with Gasteiger partial charge >= 0.3 is 0 Å². The largest absolute Gasteiger partial charge is 0.349 e. The Balaban J connectivity index is 1.59. The van der Waals surface area contributed by atoms with E-state index in [1.807, 2.05) is 0 Å². The van der Waals surface area contributed by atoms with Crippen molar-refractivity contribution in [2.75, 3.05) is 19.6 Å². The molecule has 2 aliphatic rings. The third-order valence-electron chi connectivity index (χ3n) is 5.34. The van der Waals surface area contributed by atoms with Crippen molar-refractivity contribution in [3.05, 3.63) is 17.5 Å². The van der Waals surface area contributed by atoms with Gasteiger partial charge in [-0.15, -0.1) is 0 Å². The second kappa shape index (κ2) is 8.66. The summed E-state index contributed by atoms with van der Waals surface area (Å²) in [6.07, 6.45) is 4.98. The molecule has 0 aromatic carbocycles. The Morgan fingerprint density at radius 3 is 2.85 bits per heavy atom. The van der Waals surface area contributed by atoms with Crippen LogP contribution in [0, 0.1) is 0 Å². The van der Waals surface area contributed by atoms with E-state index in [0.717, 1.165) is 64.0 Å². The molecule has 0 spiro atoms. The Morgan fingerprint density at radius 2 is 2.08 bits per heavy atom. The predicted octanol–water partition coefficient (Wildman–Crippen LogP) is 1.52. The number of aromatic nitrogens is 2. The molecule has 0 radical (unpaired) electrons. The molecular formula is C19H31N5O2. The zero-order valence-electron chi connectivity index (χ0n) is 16.0. The number of fused-ring (bicyclic) bond motifs is 1. The molecule has 1 N–H and O–H groups in total. The minimum atomic E-state index is -0.332. The number of nitrogens with one attached hydrogen (secondary N) is 1. The van der Waals surface area contributed by atoms with E-state index in [2.05, 4.69) is 33.0 Å². The molecule has 1 saturated heterocycles. The van der Waals surface area contributed by atoms with Crippen molar-refractivity contribution in [1.82, 2.24) is 24.9 Å². The van der Waals surface area contributed by atoms with E-state index in [1.165, 1.54) is 5.69 Å². The summed E-state index contributed by atoms with van der Waals surface area (Å²) in [5, 5.41) is 7.66. The molecule has 2 aliphatic heterocycles. The lowest BCUT2D eigenvalue weighted by Gasteiger charge is -2.33. The maximum absolute atomic E-state index is 12.6. The Morgan fingerprint density at radius 1 is 1.23 bits per heavy atom. The summed E-state index contributed by atoms with van der Waals surface area (Å²) < 4.78 is 2.08. The van der Waals surface area contributed by atoms with Gasteiger partial charge in [0.1, 0.15) is 6.04 Å². The zero-order valence-corrected chi connectivity index (χ0v) is 16.0. The standard InChI is InChI=1S/C19H31N5O2/c1-3-8-22-9-6-11-24-17(14-22)12-16(21-24)13-20-19(26)18-7-4-5-10-23(18)15(2)25/h12,18H,3-11,13-14H2,1-2H3,(H,20,26)/t18-/m0/s1. The van der Waals surface area contributed by atoms with Gasteiger partial charge in [-0.3, -0.25) is 19.2 Å². The van der Waals surface area contributed by atoms with Crippen molar-refractivity contribution >= 4 is 11.8 Å². The van der Waals surface area contributed by atoms with Crippen LogP contribution in [0.1, 0.15) is 57.3 Å². The number of likely N-dealkylation sites (tertiary alicyclic amines) is 1. The first kappa shape index (κ1) is 18.9. The van der Waals surface area contributed by atoms with Crippen LogP contribution in [-0.2, 0) is 29.2 Å². The molecule has 0 bridgehead atoms. The van der Waals surface area contributed by atoms with Gasteiger partial charge in [0, 0.05) is 33.1 Å². The second-order valence-electron chi connectivity index (χ2n) is 7.42. The molecule has 3 rings (SSSR count).